The van der Waals surface area contributed by atoms with Gasteiger partial charge < -0.3 is 4.90 Å². The normalized spacial score (nSPS) is 10.5. The molecule has 0 saturated heterocycles. The van der Waals surface area contributed by atoms with Gasteiger partial charge in [-0.1, -0.05) is 28.1 Å². The summed E-state index contributed by atoms with van der Waals surface area (Å²) < 4.78 is 27.0. The zero-order valence-corrected chi connectivity index (χ0v) is 12.1. The van der Waals surface area contributed by atoms with Gasteiger partial charge in [0.05, 0.1) is 0 Å². The van der Waals surface area contributed by atoms with E-state index in [0.29, 0.717) is 6.54 Å². The number of rotatable bonds is 4. The minimum absolute atomic E-state index is 0.255. The van der Waals surface area contributed by atoms with Crippen molar-refractivity contribution in [1.29, 1.82) is 0 Å². The molecule has 100 valence electrons. The fourth-order valence-corrected chi connectivity index (χ4v) is 2.39. The molecule has 0 amide bonds. The van der Waals surface area contributed by atoms with Gasteiger partial charge in [-0.2, -0.15) is 0 Å². The van der Waals surface area contributed by atoms with Crippen LogP contribution in [0.4, 0.5) is 14.5 Å². The molecule has 0 radical (unpaired) electrons. The molecule has 0 N–H and O–H groups in total. The van der Waals surface area contributed by atoms with Crippen molar-refractivity contribution in [3.8, 4) is 0 Å². The average molecular weight is 326 g/mol. The molecular formula is C15H14BrF2N. The molecule has 0 spiro atoms. The summed E-state index contributed by atoms with van der Waals surface area (Å²) in [5.74, 6) is -0.529. The predicted molar refractivity (Wildman–Crippen MR) is 77.2 cm³/mol. The van der Waals surface area contributed by atoms with Crippen molar-refractivity contribution in [1.82, 2.24) is 0 Å². The van der Waals surface area contributed by atoms with Crippen molar-refractivity contribution < 1.29 is 8.78 Å². The molecule has 0 aliphatic rings. The molecule has 2 aromatic carbocycles. The third kappa shape index (κ3) is 3.53. The SMILES string of the molecule is CCN(Cc1ccc(F)cc1Br)c1cccc(F)c1. The molecule has 19 heavy (non-hydrogen) atoms. The van der Waals surface area contributed by atoms with E-state index in [1.165, 1.54) is 24.3 Å². The number of benzene rings is 2. The van der Waals surface area contributed by atoms with Crippen LogP contribution in [-0.4, -0.2) is 6.54 Å². The second kappa shape index (κ2) is 6.15. The zero-order chi connectivity index (χ0) is 13.8. The van der Waals surface area contributed by atoms with Crippen LogP contribution >= 0.6 is 15.9 Å². The van der Waals surface area contributed by atoms with Crippen LogP contribution in [0.3, 0.4) is 0 Å². The van der Waals surface area contributed by atoms with Crippen LogP contribution in [0.5, 0.6) is 0 Å². The summed E-state index contributed by atoms with van der Waals surface area (Å²) in [5.41, 5.74) is 1.78. The van der Waals surface area contributed by atoms with Gasteiger partial charge in [0.15, 0.2) is 0 Å². The lowest BCUT2D eigenvalue weighted by Gasteiger charge is -2.23. The molecule has 0 unspecified atom stereocenters. The van der Waals surface area contributed by atoms with Crippen LogP contribution in [0.1, 0.15) is 12.5 Å². The number of anilines is 1. The van der Waals surface area contributed by atoms with Crippen molar-refractivity contribution in [2.75, 3.05) is 11.4 Å². The summed E-state index contributed by atoms with van der Waals surface area (Å²) in [4.78, 5) is 2.03. The molecule has 0 heterocycles. The van der Waals surface area contributed by atoms with Crippen molar-refractivity contribution in [3.63, 3.8) is 0 Å². The summed E-state index contributed by atoms with van der Waals surface area (Å²) in [7, 11) is 0. The maximum atomic E-state index is 13.2. The molecule has 4 heteroatoms. The minimum Gasteiger partial charge on any atom is -0.367 e. The van der Waals surface area contributed by atoms with Gasteiger partial charge >= 0.3 is 0 Å². The summed E-state index contributed by atoms with van der Waals surface area (Å²) in [6, 6.07) is 11.1. The lowest BCUT2D eigenvalue weighted by molar-refractivity contribution is 0.625. The Morgan fingerprint density at radius 3 is 2.42 bits per heavy atom. The maximum absolute atomic E-state index is 13.2. The van der Waals surface area contributed by atoms with E-state index in [0.717, 1.165) is 22.3 Å². The highest BCUT2D eigenvalue weighted by Gasteiger charge is 2.09. The molecule has 1 nitrogen and oxygen atoms in total. The largest absolute Gasteiger partial charge is 0.367 e. The summed E-state index contributed by atoms with van der Waals surface area (Å²) in [6.07, 6.45) is 0. The number of hydrogen-bond donors (Lipinski definition) is 0. The van der Waals surface area contributed by atoms with Gasteiger partial charge in [0.1, 0.15) is 11.6 Å². The van der Waals surface area contributed by atoms with E-state index in [2.05, 4.69) is 15.9 Å². The van der Waals surface area contributed by atoms with Gasteiger partial charge in [-0.05, 0) is 42.8 Å². The third-order valence-corrected chi connectivity index (χ3v) is 3.67. The fourth-order valence-electron chi connectivity index (χ4n) is 1.91. The van der Waals surface area contributed by atoms with Crippen molar-refractivity contribution >= 4 is 21.6 Å². The Bertz CT molecular complexity index is 572. The molecule has 2 aromatic rings. The molecule has 0 bridgehead atoms. The van der Waals surface area contributed by atoms with Gasteiger partial charge in [-0.3, -0.25) is 0 Å². The van der Waals surface area contributed by atoms with Gasteiger partial charge in [-0.15, -0.1) is 0 Å². The van der Waals surface area contributed by atoms with Gasteiger partial charge in [0.2, 0.25) is 0 Å². The Balaban J connectivity index is 2.24. The van der Waals surface area contributed by atoms with Crippen molar-refractivity contribution in [2.45, 2.75) is 13.5 Å². The smallest absolute Gasteiger partial charge is 0.125 e. The first-order valence-corrected chi connectivity index (χ1v) is 6.84. The Kier molecular flexibility index (Phi) is 4.53. The minimum atomic E-state index is -0.274. The first kappa shape index (κ1) is 14.0. The topological polar surface area (TPSA) is 3.24 Å². The van der Waals surface area contributed by atoms with Crippen LogP contribution in [0, 0.1) is 11.6 Å². The molecule has 0 fully saturated rings. The molecule has 0 saturated carbocycles. The highest BCUT2D eigenvalue weighted by atomic mass is 79.9. The second-order valence-electron chi connectivity index (χ2n) is 4.23. The Morgan fingerprint density at radius 2 is 1.79 bits per heavy atom. The van der Waals surface area contributed by atoms with Crippen LogP contribution in [-0.2, 0) is 6.54 Å². The Hall–Kier alpha value is -1.42. The highest BCUT2D eigenvalue weighted by Crippen LogP contribution is 2.23. The lowest BCUT2D eigenvalue weighted by Crippen LogP contribution is -2.22. The lowest BCUT2D eigenvalue weighted by atomic mass is 10.2. The maximum Gasteiger partial charge on any atom is 0.125 e. The van der Waals surface area contributed by atoms with E-state index in [9.17, 15) is 8.78 Å². The standard InChI is InChI=1S/C15H14BrF2N/c1-2-19(14-5-3-4-12(17)8-14)10-11-6-7-13(18)9-15(11)16/h3-9H,2,10H2,1H3. The van der Waals surface area contributed by atoms with Gasteiger partial charge in [-0.25, -0.2) is 8.78 Å². The van der Waals surface area contributed by atoms with Crippen molar-refractivity contribution in [3.05, 3.63) is 64.1 Å². The van der Waals surface area contributed by atoms with E-state index in [1.807, 2.05) is 17.9 Å². The first-order chi connectivity index (χ1) is 9.10. The van der Waals surface area contributed by atoms with E-state index >= 15 is 0 Å². The fraction of sp³-hybridized carbons (Fsp3) is 0.200. The number of halogens is 3. The van der Waals surface area contributed by atoms with Crippen molar-refractivity contribution in [2.24, 2.45) is 0 Å². The van der Waals surface area contributed by atoms with Gasteiger partial charge in [0.25, 0.3) is 0 Å². The van der Waals surface area contributed by atoms with Crippen LogP contribution in [0.2, 0.25) is 0 Å². The Labute approximate surface area is 120 Å². The summed E-state index contributed by atoms with van der Waals surface area (Å²) in [6.45, 7) is 3.34. The average Bonchev–Trinajstić information content (AvgIpc) is 2.38. The van der Waals surface area contributed by atoms with E-state index < -0.39 is 0 Å². The summed E-state index contributed by atoms with van der Waals surface area (Å²) in [5, 5.41) is 0. The predicted octanol–water partition coefficient (Wildman–Crippen LogP) is 4.75. The van der Waals surface area contributed by atoms with Crippen LogP contribution in [0.25, 0.3) is 0 Å². The molecule has 2 rings (SSSR count). The first-order valence-electron chi connectivity index (χ1n) is 6.04. The van der Waals surface area contributed by atoms with Gasteiger partial charge in [0, 0.05) is 23.2 Å². The number of hydrogen-bond acceptors (Lipinski definition) is 1. The monoisotopic (exact) mass is 325 g/mol. The van der Waals surface area contributed by atoms with E-state index in [-0.39, 0.29) is 11.6 Å². The Morgan fingerprint density at radius 1 is 1.05 bits per heavy atom. The second-order valence-corrected chi connectivity index (χ2v) is 5.08. The van der Waals surface area contributed by atoms with Crippen LogP contribution in [0.15, 0.2) is 46.9 Å². The number of nitrogens with zero attached hydrogens (tertiary/aromatic N) is 1. The molecule has 0 aliphatic heterocycles. The zero-order valence-electron chi connectivity index (χ0n) is 10.5. The third-order valence-electron chi connectivity index (χ3n) is 2.93. The quantitative estimate of drug-likeness (QED) is 0.783. The molecule has 0 aliphatic carbocycles. The molecule has 0 atom stereocenters. The highest BCUT2D eigenvalue weighted by molar-refractivity contribution is 9.10. The molecular weight excluding hydrogens is 312 g/mol. The van der Waals surface area contributed by atoms with Crippen LogP contribution < -0.4 is 4.90 Å². The van der Waals surface area contributed by atoms with E-state index in [1.54, 1.807) is 12.1 Å². The summed E-state index contributed by atoms with van der Waals surface area (Å²) >= 11 is 3.35. The van der Waals surface area contributed by atoms with E-state index in [4.69, 9.17) is 0 Å². The molecule has 0 aromatic heterocycles.